The van der Waals surface area contributed by atoms with Crippen molar-refractivity contribution in [3.05, 3.63) is 48.3 Å². The van der Waals surface area contributed by atoms with Gasteiger partial charge in [-0.05, 0) is 36.4 Å². The summed E-state index contributed by atoms with van der Waals surface area (Å²) in [5, 5.41) is 2.94. The van der Waals surface area contributed by atoms with Gasteiger partial charge in [-0.25, -0.2) is 4.79 Å². The Morgan fingerprint density at radius 1 is 1.22 bits per heavy atom. The van der Waals surface area contributed by atoms with E-state index in [1.807, 2.05) is 30.5 Å². The van der Waals surface area contributed by atoms with Crippen molar-refractivity contribution in [2.75, 3.05) is 17.2 Å². The van der Waals surface area contributed by atoms with E-state index >= 15 is 0 Å². The third-order valence-corrected chi connectivity index (χ3v) is 3.11. The molecule has 0 saturated carbocycles. The number of nitrogens with zero attached hydrogens (tertiary/aromatic N) is 1. The molecule has 92 valence electrons. The molecule has 5 heteroatoms. The van der Waals surface area contributed by atoms with Crippen LogP contribution in [0.3, 0.4) is 0 Å². The van der Waals surface area contributed by atoms with E-state index in [0.717, 1.165) is 11.4 Å². The molecule has 4 N–H and O–H groups in total. The van der Waals surface area contributed by atoms with Crippen molar-refractivity contribution >= 4 is 17.4 Å². The molecule has 1 fully saturated rings. The van der Waals surface area contributed by atoms with E-state index in [0.29, 0.717) is 12.2 Å². The Hall–Kier alpha value is -2.43. The summed E-state index contributed by atoms with van der Waals surface area (Å²) in [5.41, 5.74) is 8.21. The number of aromatic amines is 1. The number of nitrogens with one attached hydrogen (secondary N) is 2. The van der Waals surface area contributed by atoms with Crippen LogP contribution in [0.15, 0.2) is 42.6 Å². The van der Waals surface area contributed by atoms with Crippen LogP contribution in [0.25, 0.3) is 0 Å². The van der Waals surface area contributed by atoms with E-state index in [4.69, 9.17) is 5.73 Å². The topological polar surface area (TPSA) is 74.2 Å². The standard InChI is InChI=1S/C13H14N4O/c14-9-3-5-10(6-4-9)17-8-12(16-13(17)18)11-2-1-7-15-11/h1-7,12,15H,8,14H2,(H,16,18). The molecule has 2 heterocycles. The summed E-state index contributed by atoms with van der Waals surface area (Å²) in [6.45, 7) is 0.614. The van der Waals surface area contributed by atoms with Crippen molar-refractivity contribution in [2.45, 2.75) is 6.04 Å². The van der Waals surface area contributed by atoms with Gasteiger partial charge in [0.25, 0.3) is 0 Å². The molecule has 1 saturated heterocycles. The first-order valence-electron chi connectivity index (χ1n) is 5.81. The van der Waals surface area contributed by atoms with E-state index < -0.39 is 0 Å². The number of rotatable bonds is 2. The Morgan fingerprint density at radius 3 is 2.67 bits per heavy atom. The molecule has 3 rings (SSSR count). The second kappa shape index (κ2) is 4.10. The molecule has 1 unspecified atom stereocenters. The van der Waals surface area contributed by atoms with Crippen molar-refractivity contribution in [3.63, 3.8) is 0 Å². The first-order chi connectivity index (χ1) is 8.74. The SMILES string of the molecule is Nc1ccc(N2CC(c3ccc[nH]3)NC2=O)cc1. The van der Waals surface area contributed by atoms with Crippen LogP contribution in [0.1, 0.15) is 11.7 Å². The minimum absolute atomic E-state index is 0.00468. The molecule has 1 aliphatic rings. The summed E-state index contributed by atoms with van der Waals surface area (Å²) >= 11 is 0. The average Bonchev–Trinajstić information content (AvgIpc) is 2.99. The van der Waals surface area contributed by atoms with Crippen molar-refractivity contribution in [3.8, 4) is 0 Å². The maximum atomic E-state index is 11.9. The third kappa shape index (κ3) is 1.79. The van der Waals surface area contributed by atoms with Crippen LogP contribution in [0.4, 0.5) is 16.2 Å². The summed E-state index contributed by atoms with van der Waals surface area (Å²) in [7, 11) is 0. The Kier molecular flexibility index (Phi) is 2.44. The number of H-pyrrole nitrogens is 1. The molecule has 5 nitrogen and oxygen atoms in total. The first kappa shape index (κ1) is 10.7. The van der Waals surface area contributed by atoms with E-state index in [1.165, 1.54) is 0 Å². The van der Waals surface area contributed by atoms with Gasteiger partial charge in [-0.15, -0.1) is 0 Å². The lowest BCUT2D eigenvalue weighted by Gasteiger charge is -2.14. The number of hydrogen-bond donors (Lipinski definition) is 3. The van der Waals surface area contributed by atoms with E-state index in [9.17, 15) is 4.79 Å². The maximum absolute atomic E-state index is 11.9. The maximum Gasteiger partial charge on any atom is 0.322 e. The normalized spacial score (nSPS) is 19.0. The van der Waals surface area contributed by atoms with Crippen molar-refractivity contribution in [2.24, 2.45) is 0 Å². The van der Waals surface area contributed by atoms with Gasteiger partial charge in [-0.1, -0.05) is 0 Å². The van der Waals surface area contributed by atoms with Crippen LogP contribution >= 0.6 is 0 Å². The quantitative estimate of drug-likeness (QED) is 0.703. The molecule has 1 aromatic carbocycles. The van der Waals surface area contributed by atoms with Crippen LogP contribution in [0.5, 0.6) is 0 Å². The number of urea groups is 1. The second-order valence-electron chi connectivity index (χ2n) is 4.33. The number of hydrogen-bond acceptors (Lipinski definition) is 2. The molecule has 0 aliphatic carbocycles. The van der Waals surface area contributed by atoms with Crippen LogP contribution in [-0.2, 0) is 0 Å². The zero-order valence-electron chi connectivity index (χ0n) is 9.76. The number of nitrogens with two attached hydrogens (primary N) is 1. The molecular formula is C13H14N4O. The number of carbonyl (C=O) groups excluding carboxylic acids is 1. The highest BCUT2D eigenvalue weighted by Crippen LogP contribution is 2.25. The van der Waals surface area contributed by atoms with Gasteiger partial charge in [0, 0.05) is 23.3 Å². The Labute approximate surface area is 105 Å². The van der Waals surface area contributed by atoms with E-state index in [-0.39, 0.29) is 12.1 Å². The van der Waals surface area contributed by atoms with Gasteiger partial charge >= 0.3 is 6.03 Å². The van der Waals surface area contributed by atoms with Gasteiger partial charge in [0.05, 0.1) is 12.6 Å². The van der Waals surface area contributed by atoms with Gasteiger partial charge in [0.2, 0.25) is 0 Å². The lowest BCUT2D eigenvalue weighted by molar-refractivity contribution is 0.251. The number of anilines is 2. The fourth-order valence-corrected chi connectivity index (χ4v) is 2.15. The highest BCUT2D eigenvalue weighted by Gasteiger charge is 2.31. The zero-order chi connectivity index (χ0) is 12.5. The fourth-order valence-electron chi connectivity index (χ4n) is 2.15. The summed E-state index contributed by atoms with van der Waals surface area (Å²) in [5.74, 6) is 0. The summed E-state index contributed by atoms with van der Waals surface area (Å²) in [6, 6.07) is 11.1. The number of benzene rings is 1. The molecule has 18 heavy (non-hydrogen) atoms. The van der Waals surface area contributed by atoms with Crippen molar-refractivity contribution in [1.29, 1.82) is 0 Å². The molecule has 0 radical (unpaired) electrons. The number of nitrogen functional groups attached to an aromatic ring is 1. The molecule has 1 aromatic heterocycles. The smallest absolute Gasteiger partial charge is 0.322 e. The van der Waals surface area contributed by atoms with Crippen LogP contribution in [0.2, 0.25) is 0 Å². The van der Waals surface area contributed by atoms with Crippen LogP contribution in [-0.4, -0.2) is 17.6 Å². The van der Waals surface area contributed by atoms with Crippen molar-refractivity contribution < 1.29 is 4.79 Å². The minimum atomic E-state index is -0.0839. The molecule has 1 atom stereocenters. The lowest BCUT2D eigenvalue weighted by Crippen LogP contribution is -2.27. The Bertz CT molecular complexity index is 547. The van der Waals surface area contributed by atoms with E-state index in [1.54, 1.807) is 17.0 Å². The predicted octanol–water partition coefficient (Wildman–Crippen LogP) is 1.87. The zero-order valence-corrected chi connectivity index (χ0v) is 9.76. The monoisotopic (exact) mass is 242 g/mol. The summed E-state index contributed by atoms with van der Waals surface area (Å²) in [4.78, 5) is 16.8. The summed E-state index contributed by atoms with van der Waals surface area (Å²) < 4.78 is 0. The highest BCUT2D eigenvalue weighted by molar-refractivity contribution is 5.94. The number of amides is 2. The van der Waals surface area contributed by atoms with E-state index in [2.05, 4.69) is 10.3 Å². The fraction of sp³-hybridized carbons (Fsp3) is 0.154. The van der Waals surface area contributed by atoms with Gasteiger partial charge in [-0.3, -0.25) is 4.90 Å². The Morgan fingerprint density at radius 2 is 2.00 bits per heavy atom. The average molecular weight is 242 g/mol. The first-order valence-corrected chi connectivity index (χ1v) is 5.81. The molecule has 0 spiro atoms. The largest absolute Gasteiger partial charge is 0.399 e. The number of carbonyl (C=O) groups is 1. The van der Waals surface area contributed by atoms with Gasteiger partial charge in [-0.2, -0.15) is 0 Å². The van der Waals surface area contributed by atoms with Gasteiger partial charge in [0.15, 0.2) is 0 Å². The molecular weight excluding hydrogens is 228 g/mol. The van der Waals surface area contributed by atoms with Crippen LogP contribution in [0, 0.1) is 0 Å². The van der Waals surface area contributed by atoms with Crippen LogP contribution < -0.4 is 16.0 Å². The Balaban J connectivity index is 1.82. The molecule has 2 amide bonds. The summed E-state index contributed by atoms with van der Waals surface area (Å²) in [6.07, 6.45) is 1.85. The molecule has 0 bridgehead atoms. The third-order valence-electron chi connectivity index (χ3n) is 3.11. The second-order valence-corrected chi connectivity index (χ2v) is 4.33. The van der Waals surface area contributed by atoms with Crippen molar-refractivity contribution in [1.82, 2.24) is 10.3 Å². The predicted molar refractivity (Wildman–Crippen MR) is 70.3 cm³/mol. The number of aromatic nitrogens is 1. The van der Waals surface area contributed by atoms with Gasteiger partial charge < -0.3 is 16.0 Å². The molecule has 1 aliphatic heterocycles. The minimum Gasteiger partial charge on any atom is -0.399 e. The van der Waals surface area contributed by atoms with Gasteiger partial charge in [0.1, 0.15) is 0 Å². The molecule has 2 aromatic rings. The lowest BCUT2D eigenvalue weighted by atomic mass is 10.2. The highest BCUT2D eigenvalue weighted by atomic mass is 16.2.